The monoisotopic (exact) mass is 466 g/mol. The molecule has 1 aromatic heterocycles. The number of non-ortho nitro benzene ring substituents is 1. The van der Waals surface area contributed by atoms with E-state index in [1.807, 2.05) is 24.3 Å². The first-order chi connectivity index (χ1) is 15.5. The Morgan fingerprint density at radius 3 is 2.72 bits per heavy atom. The number of thioether (sulfide) groups is 2. The van der Waals surface area contributed by atoms with Crippen molar-refractivity contribution in [3.05, 3.63) is 80.3 Å². The van der Waals surface area contributed by atoms with Gasteiger partial charge in [0.1, 0.15) is 0 Å². The van der Waals surface area contributed by atoms with Crippen LogP contribution < -0.4 is 10.5 Å². The van der Waals surface area contributed by atoms with E-state index in [0.717, 1.165) is 29.1 Å². The van der Waals surface area contributed by atoms with Crippen LogP contribution in [0.2, 0.25) is 0 Å². The predicted molar refractivity (Wildman–Crippen MR) is 124 cm³/mol. The molecule has 2 aliphatic rings. The number of anilines is 1. The number of nitro benzene ring substituents is 1. The third-order valence-electron chi connectivity index (χ3n) is 5.50. The molecule has 0 unspecified atom stereocenters. The zero-order valence-electron chi connectivity index (χ0n) is 16.9. The van der Waals surface area contributed by atoms with Gasteiger partial charge in [0.2, 0.25) is 5.91 Å². The number of aryl methyl sites for hydroxylation is 1. The van der Waals surface area contributed by atoms with Crippen molar-refractivity contribution in [3.8, 4) is 5.69 Å². The second-order valence-electron chi connectivity index (χ2n) is 7.40. The van der Waals surface area contributed by atoms with E-state index in [1.165, 1.54) is 52.4 Å². The molecule has 1 amide bonds. The minimum atomic E-state index is -0.481. The number of carbonyl (C=O) groups is 1. The summed E-state index contributed by atoms with van der Waals surface area (Å²) in [6.07, 6.45) is 1.53. The number of rotatable bonds is 5. The highest BCUT2D eigenvalue weighted by atomic mass is 32.2. The first-order valence-corrected chi connectivity index (χ1v) is 12.0. The maximum absolute atomic E-state index is 13.2. The maximum atomic E-state index is 13.2. The molecule has 2 aliphatic heterocycles. The van der Waals surface area contributed by atoms with E-state index in [-0.39, 0.29) is 22.9 Å². The molecule has 0 saturated carbocycles. The molecule has 0 N–H and O–H groups in total. The van der Waals surface area contributed by atoms with Gasteiger partial charge in [-0.1, -0.05) is 30.0 Å². The largest absolute Gasteiger partial charge is 0.311 e. The van der Waals surface area contributed by atoms with Crippen LogP contribution in [0.3, 0.4) is 0 Å². The molecule has 0 spiro atoms. The van der Waals surface area contributed by atoms with Crippen LogP contribution in [0.25, 0.3) is 5.69 Å². The maximum Gasteiger partial charge on any atom is 0.272 e. The lowest BCUT2D eigenvalue weighted by atomic mass is 10.2. The van der Waals surface area contributed by atoms with Gasteiger partial charge in [0.25, 0.3) is 11.2 Å². The lowest BCUT2D eigenvalue weighted by Gasteiger charge is -2.18. The van der Waals surface area contributed by atoms with Crippen molar-refractivity contribution in [2.75, 3.05) is 23.0 Å². The molecule has 0 aliphatic carbocycles. The molecule has 5 rings (SSSR count). The quantitative estimate of drug-likeness (QED) is 0.246. The normalized spacial score (nSPS) is 14.3. The molecule has 0 saturated heterocycles. The third-order valence-corrected chi connectivity index (χ3v) is 7.53. The standard InChI is InChI=1S/C22H18N4O4S2/c27-19(24-11-9-14-3-1-2-4-18(14)24)13-32-22-23-17-10-12-31-20(17)21(28)25(22)15-5-7-16(8-6-15)26(29)30/h1-8H,9-13H2. The van der Waals surface area contributed by atoms with Gasteiger partial charge in [-0.2, -0.15) is 0 Å². The number of nitrogens with zero attached hydrogens (tertiary/aromatic N) is 4. The molecule has 0 fully saturated rings. The summed E-state index contributed by atoms with van der Waals surface area (Å²) in [5.41, 5.74) is 3.07. The summed E-state index contributed by atoms with van der Waals surface area (Å²) < 4.78 is 1.46. The Morgan fingerprint density at radius 2 is 1.94 bits per heavy atom. The highest BCUT2D eigenvalue weighted by molar-refractivity contribution is 8.00. The molecular formula is C22H18N4O4S2. The number of carbonyl (C=O) groups excluding carboxylic acids is 1. The van der Waals surface area contributed by atoms with Crippen LogP contribution >= 0.6 is 23.5 Å². The van der Waals surface area contributed by atoms with Crippen molar-refractivity contribution in [3.63, 3.8) is 0 Å². The molecule has 0 bridgehead atoms. The summed E-state index contributed by atoms with van der Waals surface area (Å²) in [5, 5.41) is 11.4. The minimum absolute atomic E-state index is 0.0423. The number of hydrogen-bond donors (Lipinski definition) is 0. The lowest BCUT2D eigenvalue weighted by Crippen LogP contribution is -2.31. The summed E-state index contributed by atoms with van der Waals surface area (Å²) >= 11 is 2.69. The highest BCUT2D eigenvalue weighted by Crippen LogP contribution is 2.32. The molecule has 32 heavy (non-hydrogen) atoms. The van der Waals surface area contributed by atoms with Crippen LogP contribution in [0.15, 0.2) is 63.4 Å². The van der Waals surface area contributed by atoms with Crippen molar-refractivity contribution >= 4 is 40.8 Å². The van der Waals surface area contributed by atoms with Gasteiger partial charge in [-0.05, 0) is 30.2 Å². The fraction of sp³-hybridized carbons (Fsp3) is 0.227. The molecule has 2 aromatic carbocycles. The number of aromatic nitrogens is 2. The number of fused-ring (bicyclic) bond motifs is 2. The number of nitro groups is 1. The molecule has 8 nitrogen and oxygen atoms in total. The van der Waals surface area contributed by atoms with Gasteiger partial charge in [-0.15, -0.1) is 11.8 Å². The van der Waals surface area contributed by atoms with Gasteiger partial charge in [0, 0.05) is 36.5 Å². The van der Waals surface area contributed by atoms with Crippen molar-refractivity contribution in [2.45, 2.75) is 22.9 Å². The van der Waals surface area contributed by atoms with E-state index in [0.29, 0.717) is 28.7 Å². The van der Waals surface area contributed by atoms with Gasteiger partial charge in [0.05, 0.1) is 27.0 Å². The highest BCUT2D eigenvalue weighted by Gasteiger charge is 2.26. The first-order valence-electron chi connectivity index (χ1n) is 10.1. The molecule has 3 heterocycles. The fourth-order valence-corrected chi connectivity index (χ4v) is 5.87. The summed E-state index contributed by atoms with van der Waals surface area (Å²) in [6, 6.07) is 13.7. The Kier molecular flexibility index (Phi) is 5.48. The van der Waals surface area contributed by atoms with E-state index in [2.05, 4.69) is 0 Å². The third kappa shape index (κ3) is 3.69. The molecule has 0 atom stereocenters. The van der Waals surface area contributed by atoms with E-state index >= 15 is 0 Å². The van der Waals surface area contributed by atoms with Crippen LogP contribution in [0.5, 0.6) is 0 Å². The summed E-state index contributed by atoms with van der Waals surface area (Å²) in [5.74, 6) is 0.883. The zero-order chi connectivity index (χ0) is 22.2. The second-order valence-corrected chi connectivity index (χ2v) is 9.44. The molecular weight excluding hydrogens is 448 g/mol. The fourth-order valence-electron chi connectivity index (χ4n) is 3.94. The minimum Gasteiger partial charge on any atom is -0.311 e. The van der Waals surface area contributed by atoms with Crippen LogP contribution in [0, 0.1) is 10.1 Å². The Hall–Kier alpha value is -3.11. The Labute approximate surface area is 191 Å². The Morgan fingerprint density at radius 1 is 1.16 bits per heavy atom. The Bertz CT molecular complexity index is 1290. The van der Waals surface area contributed by atoms with Gasteiger partial charge in [0.15, 0.2) is 5.16 Å². The average Bonchev–Trinajstić information content (AvgIpc) is 3.45. The molecule has 10 heteroatoms. The SMILES string of the molecule is O=C(CSc1nc2c(c(=O)n1-c1ccc([N+](=O)[O-])cc1)SCC2)N1CCc2ccccc21. The van der Waals surface area contributed by atoms with Gasteiger partial charge < -0.3 is 4.90 Å². The van der Waals surface area contributed by atoms with Gasteiger partial charge in [-0.25, -0.2) is 4.98 Å². The van der Waals surface area contributed by atoms with Crippen molar-refractivity contribution in [1.29, 1.82) is 0 Å². The zero-order valence-corrected chi connectivity index (χ0v) is 18.5. The van der Waals surface area contributed by atoms with Crippen LogP contribution in [0.4, 0.5) is 11.4 Å². The lowest BCUT2D eigenvalue weighted by molar-refractivity contribution is -0.384. The van der Waals surface area contributed by atoms with Crippen molar-refractivity contribution in [2.24, 2.45) is 0 Å². The Balaban J connectivity index is 1.46. The van der Waals surface area contributed by atoms with E-state index in [9.17, 15) is 19.7 Å². The van der Waals surface area contributed by atoms with Crippen molar-refractivity contribution in [1.82, 2.24) is 9.55 Å². The number of benzene rings is 2. The van der Waals surface area contributed by atoms with E-state index < -0.39 is 4.92 Å². The van der Waals surface area contributed by atoms with E-state index in [1.54, 1.807) is 4.90 Å². The summed E-state index contributed by atoms with van der Waals surface area (Å²) in [6.45, 7) is 0.641. The predicted octanol–water partition coefficient (Wildman–Crippen LogP) is 3.47. The molecule has 3 aromatic rings. The van der Waals surface area contributed by atoms with Crippen LogP contribution in [0.1, 0.15) is 11.3 Å². The summed E-state index contributed by atoms with van der Waals surface area (Å²) in [7, 11) is 0. The molecule has 162 valence electrons. The second kappa shape index (κ2) is 8.44. The van der Waals surface area contributed by atoms with E-state index in [4.69, 9.17) is 4.98 Å². The van der Waals surface area contributed by atoms with Gasteiger partial charge >= 0.3 is 0 Å². The van der Waals surface area contributed by atoms with Crippen LogP contribution in [-0.2, 0) is 17.6 Å². The summed E-state index contributed by atoms with van der Waals surface area (Å²) in [4.78, 5) is 43.8. The smallest absolute Gasteiger partial charge is 0.272 e. The van der Waals surface area contributed by atoms with Crippen molar-refractivity contribution < 1.29 is 9.72 Å². The number of para-hydroxylation sites is 1. The topological polar surface area (TPSA) is 98.3 Å². The molecule has 0 radical (unpaired) electrons. The average molecular weight is 467 g/mol. The van der Waals surface area contributed by atoms with Gasteiger partial charge in [-0.3, -0.25) is 24.3 Å². The first kappa shape index (κ1) is 20.8. The number of amides is 1. The van der Waals surface area contributed by atoms with Crippen LogP contribution in [-0.4, -0.2) is 38.4 Å². The number of hydrogen-bond acceptors (Lipinski definition) is 7.